The highest BCUT2D eigenvalue weighted by atomic mass is 14.6. The Bertz CT molecular complexity index is 205. The summed E-state index contributed by atoms with van der Waals surface area (Å²) in [6.07, 6.45) is 7.74. The number of hydrogen-bond acceptors (Lipinski definition) is 0. The molecule has 4 saturated carbocycles. The Balaban J connectivity index is 1.88. The third kappa shape index (κ3) is 1.22. The maximum Gasteiger partial charge on any atom is 0.102 e. The van der Waals surface area contributed by atoms with Gasteiger partial charge in [0.05, 0.1) is 0 Å². The van der Waals surface area contributed by atoms with E-state index in [-0.39, 0.29) is 0 Å². The topological polar surface area (TPSA) is 0 Å². The van der Waals surface area contributed by atoms with Crippen LogP contribution >= 0.6 is 0 Å². The van der Waals surface area contributed by atoms with Gasteiger partial charge in [-0.25, -0.2) is 0 Å². The van der Waals surface area contributed by atoms with Crippen LogP contribution in [0.15, 0.2) is 0 Å². The van der Waals surface area contributed by atoms with Gasteiger partial charge in [-0.1, -0.05) is 0 Å². The van der Waals surface area contributed by atoms with Crippen LogP contribution in [-0.4, -0.2) is 0 Å². The van der Waals surface area contributed by atoms with Gasteiger partial charge in [0.1, 0.15) is 23.2 Å². The first-order valence-electron chi connectivity index (χ1n) is 6.41. The van der Waals surface area contributed by atoms with Crippen molar-refractivity contribution in [2.24, 2.45) is 29.1 Å². The van der Waals surface area contributed by atoms with Crippen molar-refractivity contribution in [3.8, 4) is 0 Å². The summed E-state index contributed by atoms with van der Waals surface area (Å²) in [4.78, 5) is 0. The normalized spacial score (nSPS) is 46.1. The van der Waals surface area contributed by atoms with Crippen LogP contribution in [0.5, 0.6) is 0 Å². The van der Waals surface area contributed by atoms with Gasteiger partial charge in [0.2, 0.25) is 0 Å². The van der Waals surface area contributed by atoms with Crippen molar-refractivity contribution in [2.45, 2.75) is 52.9 Å². The standard InChI is InChI=1S/C14H23/c1-14(2,3)13-11-5-9-4-10(7-11)8-12(13)6-9/h9-12H,4-8H2,1-3H3/q+1. The first-order valence-corrected chi connectivity index (χ1v) is 6.41. The SMILES string of the molecule is CC(C)(C)[C+]1C2CC3CC(C2)CC1C3. The van der Waals surface area contributed by atoms with Gasteiger partial charge >= 0.3 is 0 Å². The maximum atomic E-state index is 2.44. The molecule has 0 N–H and O–H groups in total. The minimum absolute atomic E-state index is 0.489. The molecule has 0 aromatic carbocycles. The van der Waals surface area contributed by atoms with Gasteiger partial charge in [-0.15, -0.1) is 0 Å². The second kappa shape index (κ2) is 2.71. The van der Waals surface area contributed by atoms with E-state index in [9.17, 15) is 0 Å². The van der Waals surface area contributed by atoms with Crippen LogP contribution in [0.3, 0.4) is 0 Å². The fourth-order valence-electron chi connectivity index (χ4n) is 4.92. The van der Waals surface area contributed by atoms with Gasteiger partial charge in [-0.05, 0) is 64.7 Å². The molecule has 0 amide bonds. The summed E-state index contributed by atoms with van der Waals surface area (Å²) in [6.45, 7) is 7.31. The molecule has 0 saturated heterocycles. The molecule has 0 aliphatic heterocycles. The highest BCUT2D eigenvalue weighted by molar-refractivity contribution is 5.18. The number of hydrogen-bond donors (Lipinski definition) is 0. The van der Waals surface area contributed by atoms with Crippen LogP contribution in [0.4, 0.5) is 0 Å². The first-order chi connectivity index (χ1) is 6.54. The number of rotatable bonds is 0. The third-order valence-electron chi connectivity index (χ3n) is 4.88. The third-order valence-corrected chi connectivity index (χ3v) is 4.88. The summed E-state index contributed by atoms with van der Waals surface area (Å²) in [5.41, 5.74) is 0.489. The van der Waals surface area contributed by atoms with Gasteiger partial charge in [0.15, 0.2) is 0 Å². The Morgan fingerprint density at radius 2 is 1.21 bits per heavy atom. The van der Waals surface area contributed by atoms with E-state index in [2.05, 4.69) is 20.8 Å². The molecule has 0 heterocycles. The van der Waals surface area contributed by atoms with E-state index < -0.39 is 0 Å². The smallest absolute Gasteiger partial charge is 0.0469 e. The molecule has 0 aromatic rings. The summed E-state index contributed by atoms with van der Waals surface area (Å²) in [5.74, 6) is 6.22. The summed E-state index contributed by atoms with van der Waals surface area (Å²) in [7, 11) is 0. The Kier molecular flexibility index (Phi) is 1.77. The van der Waals surface area contributed by atoms with Crippen molar-refractivity contribution < 1.29 is 0 Å². The average molecular weight is 191 g/mol. The van der Waals surface area contributed by atoms with E-state index in [1.807, 2.05) is 5.92 Å². The lowest BCUT2D eigenvalue weighted by molar-refractivity contribution is 0.0130. The largest absolute Gasteiger partial charge is 0.102 e. The van der Waals surface area contributed by atoms with Crippen molar-refractivity contribution in [3.63, 3.8) is 0 Å². The highest BCUT2D eigenvalue weighted by Gasteiger charge is 2.59. The van der Waals surface area contributed by atoms with Crippen LogP contribution in [0.2, 0.25) is 0 Å². The highest BCUT2D eigenvalue weighted by Crippen LogP contribution is 2.61. The van der Waals surface area contributed by atoms with Gasteiger partial charge in [0, 0.05) is 0 Å². The molecular weight excluding hydrogens is 168 g/mol. The lowest BCUT2D eigenvalue weighted by atomic mass is 9.47. The molecule has 0 spiro atoms. The zero-order valence-electron chi connectivity index (χ0n) is 9.84. The Labute approximate surface area is 88.5 Å². The molecule has 14 heavy (non-hydrogen) atoms. The van der Waals surface area contributed by atoms with E-state index in [0.717, 1.165) is 23.7 Å². The predicted molar refractivity (Wildman–Crippen MR) is 59.7 cm³/mol. The van der Waals surface area contributed by atoms with Gasteiger partial charge in [0.25, 0.3) is 0 Å². The van der Waals surface area contributed by atoms with Crippen molar-refractivity contribution in [3.05, 3.63) is 5.92 Å². The minimum Gasteiger partial charge on any atom is -0.0469 e. The van der Waals surface area contributed by atoms with Gasteiger partial charge in [-0.2, -0.15) is 0 Å². The molecule has 4 fully saturated rings. The molecule has 0 radical (unpaired) electrons. The van der Waals surface area contributed by atoms with E-state index in [1.165, 1.54) is 0 Å². The van der Waals surface area contributed by atoms with Crippen LogP contribution in [0.1, 0.15) is 52.9 Å². The Morgan fingerprint density at radius 3 is 1.57 bits per heavy atom. The molecule has 0 heteroatoms. The molecule has 0 nitrogen and oxygen atoms in total. The van der Waals surface area contributed by atoms with Crippen LogP contribution in [-0.2, 0) is 0 Å². The molecule has 4 aliphatic carbocycles. The van der Waals surface area contributed by atoms with Gasteiger partial charge < -0.3 is 0 Å². The lowest BCUT2D eigenvalue weighted by Gasteiger charge is -2.50. The summed E-state index contributed by atoms with van der Waals surface area (Å²) >= 11 is 0. The average Bonchev–Trinajstić information content (AvgIpc) is 1.97. The van der Waals surface area contributed by atoms with Crippen molar-refractivity contribution in [1.82, 2.24) is 0 Å². The first kappa shape index (κ1) is 9.12. The molecule has 0 unspecified atom stereocenters. The van der Waals surface area contributed by atoms with E-state index in [4.69, 9.17) is 0 Å². The molecular formula is C14H23+. The monoisotopic (exact) mass is 191 g/mol. The second-order valence-electron chi connectivity index (χ2n) is 7.01. The predicted octanol–water partition coefficient (Wildman–Crippen LogP) is 4.06. The van der Waals surface area contributed by atoms with Crippen LogP contribution in [0.25, 0.3) is 0 Å². The summed E-state index contributed by atoms with van der Waals surface area (Å²) in [6, 6.07) is 0. The molecule has 0 aromatic heterocycles. The molecule has 4 rings (SSSR count). The molecule has 78 valence electrons. The molecule has 4 aliphatic rings. The lowest BCUT2D eigenvalue weighted by Crippen LogP contribution is -2.48. The molecule has 4 bridgehead atoms. The zero-order chi connectivity index (χ0) is 9.92. The van der Waals surface area contributed by atoms with Crippen molar-refractivity contribution in [2.75, 3.05) is 0 Å². The van der Waals surface area contributed by atoms with Crippen LogP contribution in [0, 0.1) is 35.0 Å². The van der Waals surface area contributed by atoms with E-state index in [0.29, 0.717) is 5.41 Å². The van der Waals surface area contributed by atoms with E-state index >= 15 is 0 Å². The zero-order valence-corrected chi connectivity index (χ0v) is 9.84. The van der Waals surface area contributed by atoms with Crippen LogP contribution < -0.4 is 0 Å². The Hall–Kier alpha value is -0.130. The summed E-state index contributed by atoms with van der Waals surface area (Å²) < 4.78 is 0. The van der Waals surface area contributed by atoms with E-state index in [1.54, 1.807) is 32.1 Å². The van der Waals surface area contributed by atoms with Gasteiger partial charge in [-0.3, -0.25) is 0 Å². The second-order valence-corrected chi connectivity index (χ2v) is 7.01. The Morgan fingerprint density at radius 1 is 0.786 bits per heavy atom. The fourth-order valence-corrected chi connectivity index (χ4v) is 4.92. The molecule has 0 atom stereocenters. The minimum atomic E-state index is 0.489. The van der Waals surface area contributed by atoms with Crippen molar-refractivity contribution >= 4 is 0 Å². The van der Waals surface area contributed by atoms with Crippen molar-refractivity contribution in [1.29, 1.82) is 0 Å². The maximum absolute atomic E-state index is 2.44. The fraction of sp³-hybridized carbons (Fsp3) is 0.929. The quantitative estimate of drug-likeness (QED) is 0.506. The summed E-state index contributed by atoms with van der Waals surface area (Å²) in [5, 5.41) is 0.